The molecule has 122 valence electrons. The molecule has 0 aliphatic rings. The Morgan fingerprint density at radius 2 is 1.79 bits per heavy atom. The van der Waals surface area contributed by atoms with E-state index in [1.807, 2.05) is 42.5 Å². The maximum absolute atomic E-state index is 12.4. The number of aromatic nitrogens is 2. The van der Waals surface area contributed by atoms with E-state index in [0.29, 0.717) is 11.9 Å². The van der Waals surface area contributed by atoms with Gasteiger partial charge in [-0.15, -0.1) is 0 Å². The standard InChI is InChI=1S/C20H20N2O2/c1-2-3-12-22-20(24)19-11-8-16(13-17(19)14-21-22)5-4-15-6-9-18(23)10-7-15/h4-11,13-14,23H,2-3,12H2,1H3. The number of unbranched alkanes of at least 4 members (excludes halogenated alkanes) is 1. The van der Waals surface area contributed by atoms with Gasteiger partial charge < -0.3 is 5.11 Å². The molecule has 24 heavy (non-hydrogen) atoms. The van der Waals surface area contributed by atoms with E-state index >= 15 is 0 Å². The van der Waals surface area contributed by atoms with Crippen LogP contribution < -0.4 is 5.56 Å². The maximum Gasteiger partial charge on any atom is 0.274 e. The summed E-state index contributed by atoms with van der Waals surface area (Å²) < 4.78 is 1.54. The van der Waals surface area contributed by atoms with Crippen LogP contribution >= 0.6 is 0 Å². The van der Waals surface area contributed by atoms with Gasteiger partial charge in [0.2, 0.25) is 0 Å². The summed E-state index contributed by atoms with van der Waals surface area (Å²) >= 11 is 0. The number of fused-ring (bicyclic) bond motifs is 1. The molecule has 0 saturated carbocycles. The van der Waals surface area contributed by atoms with Crippen LogP contribution in [0, 0.1) is 0 Å². The van der Waals surface area contributed by atoms with Gasteiger partial charge in [0.1, 0.15) is 5.75 Å². The second-order valence-corrected chi connectivity index (χ2v) is 5.80. The molecule has 0 spiro atoms. The highest BCUT2D eigenvalue weighted by molar-refractivity contribution is 5.84. The quantitative estimate of drug-likeness (QED) is 0.721. The van der Waals surface area contributed by atoms with Crippen molar-refractivity contribution in [2.45, 2.75) is 26.3 Å². The van der Waals surface area contributed by atoms with Gasteiger partial charge in [0.05, 0.1) is 11.6 Å². The molecule has 1 aromatic heterocycles. The molecule has 4 heteroatoms. The minimum absolute atomic E-state index is 0.0324. The van der Waals surface area contributed by atoms with Crippen molar-refractivity contribution >= 4 is 22.9 Å². The molecule has 0 radical (unpaired) electrons. The highest BCUT2D eigenvalue weighted by Gasteiger charge is 2.04. The summed E-state index contributed by atoms with van der Waals surface area (Å²) in [6.07, 6.45) is 7.69. The van der Waals surface area contributed by atoms with Crippen molar-refractivity contribution in [1.82, 2.24) is 9.78 Å². The Hall–Kier alpha value is -2.88. The van der Waals surface area contributed by atoms with E-state index < -0.39 is 0 Å². The molecule has 0 fully saturated rings. The molecule has 0 amide bonds. The maximum atomic E-state index is 12.4. The molecule has 0 aliphatic carbocycles. The molecule has 3 rings (SSSR count). The first-order chi connectivity index (χ1) is 11.7. The first kappa shape index (κ1) is 16.0. The van der Waals surface area contributed by atoms with Crippen LogP contribution in [0.15, 0.2) is 53.5 Å². The van der Waals surface area contributed by atoms with E-state index in [1.165, 1.54) is 4.68 Å². The Morgan fingerprint density at radius 3 is 2.54 bits per heavy atom. The summed E-state index contributed by atoms with van der Waals surface area (Å²) in [5.74, 6) is 0.253. The summed E-state index contributed by atoms with van der Waals surface area (Å²) in [7, 11) is 0. The Morgan fingerprint density at radius 1 is 1.08 bits per heavy atom. The van der Waals surface area contributed by atoms with Crippen molar-refractivity contribution in [2.75, 3.05) is 0 Å². The predicted octanol–water partition coefficient (Wildman–Crippen LogP) is 4.07. The number of phenolic OH excluding ortho intramolecular Hbond substituents is 1. The molecule has 0 unspecified atom stereocenters. The van der Waals surface area contributed by atoms with E-state index in [0.717, 1.165) is 29.4 Å². The van der Waals surface area contributed by atoms with Crippen molar-refractivity contribution in [3.63, 3.8) is 0 Å². The molecule has 0 saturated heterocycles. The SMILES string of the molecule is CCCCn1ncc2cc(C=Cc3ccc(O)cc3)ccc2c1=O. The van der Waals surface area contributed by atoms with Crippen molar-refractivity contribution in [1.29, 1.82) is 0 Å². The van der Waals surface area contributed by atoms with Crippen LogP contribution in [0.3, 0.4) is 0 Å². The average Bonchev–Trinajstić information content (AvgIpc) is 2.61. The summed E-state index contributed by atoms with van der Waals surface area (Å²) in [5.41, 5.74) is 1.97. The topological polar surface area (TPSA) is 55.1 Å². The van der Waals surface area contributed by atoms with E-state index in [-0.39, 0.29) is 11.3 Å². The van der Waals surface area contributed by atoms with Gasteiger partial charge in [-0.3, -0.25) is 4.79 Å². The highest BCUT2D eigenvalue weighted by atomic mass is 16.3. The number of nitrogens with zero attached hydrogens (tertiary/aromatic N) is 2. The molecule has 4 nitrogen and oxygen atoms in total. The molecule has 0 atom stereocenters. The lowest BCUT2D eigenvalue weighted by atomic mass is 10.1. The normalized spacial score (nSPS) is 11.4. The van der Waals surface area contributed by atoms with E-state index in [9.17, 15) is 9.90 Å². The van der Waals surface area contributed by atoms with Crippen molar-refractivity contribution in [3.8, 4) is 5.75 Å². The van der Waals surface area contributed by atoms with Crippen LogP contribution in [0.1, 0.15) is 30.9 Å². The van der Waals surface area contributed by atoms with Crippen LogP contribution in [0.2, 0.25) is 0 Å². The van der Waals surface area contributed by atoms with Gasteiger partial charge in [-0.1, -0.05) is 43.7 Å². The molecule has 2 aromatic carbocycles. The van der Waals surface area contributed by atoms with E-state index in [1.54, 1.807) is 18.3 Å². The fourth-order valence-electron chi connectivity index (χ4n) is 2.55. The van der Waals surface area contributed by atoms with E-state index in [2.05, 4.69) is 12.0 Å². The van der Waals surface area contributed by atoms with Crippen LogP contribution in [0.5, 0.6) is 5.75 Å². The molecule has 0 aliphatic heterocycles. The van der Waals surface area contributed by atoms with Gasteiger partial charge >= 0.3 is 0 Å². The van der Waals surface area contributed by atoms with Gasteiger partial charge in [0.15, 0.2) is 0 Å². The summed E-state index contributed by atoms with van der Waals surface area (Å²) in [6, 6.07) is 12.8. The zero-order valence-electron chi connectivity index (χ0n) is 13.6. The van der Waals surface area contributed by atoms with Crippen LogP contribution in [-0.2, 0) is 6.54 Å². The largest absolute Gasteiger partial charge is 0.508 e. The third kappa shape index (κ3) is 3.54. The van der Waals surface area contributed by atoms with Gasteiger partial charge in [0, 0.05) is 11.9 Å². The predicted molar refractivity (Wildman–Crippen MR) is 97.9 cm³/mol. The lowest BCUT2D eigenvalue weighted by molar-refractivity contribution is 0.475. The van der Waals surface area contributed by atoms with Crippen LogP contribution in [0.4, 0.5) is 0 Å². The van der Waals surface area contributed by atoms with E-state index in [4.69, 9.17) is 0 Å². The van der Waals surface area contributed by atoms with Gasteiger partial charge in [0.25, 0.3) is 5.56 Å². The summed E-state index contributed by atoms with van der Waals surface area (Å²) in [5, 5.41) is 15.1. The van der Waals surface area contributed by atoms with Crippen molar-refractivity contribution in [3.05, 3.63) is 70.1 Å². The minimum atomic E-state index is -0.0324. The average molecular weight is 320 g/mol. The minimum Gasteiger partial charge on any atom is -0.508 e. The monoisotopic (exact) mass is 320 g/mol. The molecule has 1 heterocycles. The second-order valence-electron chi connectivity index (χ2n) is 5.80. The first-order valence-electron chi connectivity index (χ1n) is 8.14. The van der Waals surface area contributed by atoms with Gasteiger partial charge in [-0.05, 0) is 41.8 Å². The molecule has 0 bridgehead atoms. The number of benzene rings is 2. The fourth-order valence-corrected chi connectivity index (χ4v) is 2.55. The van der Waals surface area contributed by atoms with Crippen LogP contribution in [-0.4, -0.2) is 14.9 Å². The third-order valence-corrected chi connectivity index (χ3v) is 3.96. The van der Waals surface area contributed by atoms with Gasteiger partial charge in [-0.2, -0.15) is 5.10 Å². The third-order valence-electron chi connectivity index (χ3n) is 3.96. The highest BCUT2D eigenvalue weighted by Crippen LogP contribution is 2.16. The summed E-state index contributed by atoms with van der Waals surface area (Å²) in [6.45, 7) is 2.76. The van der Waals surface area contributed by atoms with Crippen molar-refractivity contribution < 1.29 is 5.11 Å². The van der Waals surface area contributed by atoms with Gasteiger partial charge in [-0.25, -0.2) is 4.68 Å². The Bertz CT molecular complexity index is 925. The number of phenols is 1. The Kier molecular flexibility index (Phi) is 4.75. The van der Waals surface area contributed by atoms with Crippen LogP contribution in [0.25, 0.3) is 22.9 Å². The summed E-state index contributed by atoms with van der Waals surface area (Å²) in [4.78, 5) is 12.4. The number of hydrogen-bond acceptors (Lipinski definition) is 3. The molecular formula is C20H20N2O2. The fraction of sp³-hybridized carbons (Fsp3) is 0.200. The lowest BCUT2D eigenvalue weighted by Crippen LogP contribution is -2.22. The zero-order chi connectivity index (χ0) is 16.9. The number of hydrogen-bond donors (Lipinski definition) is 1. The zero-order valence-corrected chi connectivity index (χ0v) is 13.6. The smallest absolute Gasteiger partial charge is 0.274 e. The van der Waals surface area contributed by atoms with Crippen molar-refractivity contribution in [2.24, 2.45) is 0 Å². The molecule has 1 N–H and O–H groups in total. The number of rotatable bonds is 5. The molecule has 3 aromatic rings. The Labute approximate surface area is 140 Å². The molecular weight excluding hydrogens is 300 g/mol. The second kappa shape index (κ2) is 7.13. The first-order valence-corrected chi connectivity index (χ1v) is 8.14. The Balaban J connectivity index is 1.88. The number of aromatic hydroxyl groups is 1. The lowest BCUT2D eigenvalue weighted by Gasteiger charge is -2.05. The number of aryl methyl sites for hydroxylation is 1.